The minimum atomic E-state index is -0.374. The quantitative estimate of drug-likeness (QED) is 0.749. The van der Waals surface area contributed by atoms with E-state index >= 15 is 0 Å². The van der Waals surface area contributed by atoms with E-state index in [2.05, 4.69) is 67.2 Å². The fourth-order valence-corrected chi connectivity index (χ4v) is 2.46. The highest BCUT2D eigenvalue weighted by Crippen LogP contribution is 2.18. The lowest BCUT2D eigenvalue weighted by molar-refractivity contribution is -0.113. The van der Waals surface area contributed by atoms with Gasteiger partial charge in [0.05, 0.1) is 5.57 Å². The number of nitrogens with one attached hydrogen (secondary N) is 1. The van der Waals surface area contributed by atoms with Crippen molar-refractivity contribution in [2.75, 3.05) is 6.54 Å². The van der Waals surface area contributed by atoms with E-state index in [1.54, 1.807) is 6.21 Å². The third kappa shape index (κ3) is 3.08. The van der Waals surface area contributed by atoms with Crippen LogP contribution < -0.4 is 11.1 Å². The zero-order valence-corrected chi connectivity index (χ0v) is 13.2. The van der Waals surface area contributed by atoms with E-state index in [-0.39, 0.29) is 11.9 Å². The summed E-state index contributed by atoms with van der Waals surface area (Å²) in [5, 5.41) is 3.29. The standard InChI is InChI=1S/C14H12IN5O/c15-10-3-1-8(2-4-10)5-17-6-9-7-18-12-11(9)13(21)20-14(16)19-12/h1-4,7,17H,5-6H2,(H2,16,20,21). The lowest BCUT2D eigenvalue weighted by Gasteiger charge is -2.08. The molecule has 0 bridgehead atoms. The van der Waals surface area contributed by atoms with E-state index in [1.165, 1.54) is 9.13 Å². The van der Waals surface area contributed by atoms with Crippen LogP contribution in [-0.2, 0) is 11.3 Å². The van der Waals surface area contributed by atoms with Gasteiger partial charge < -0.3 is 11.1 Å². The number of hydrogen-bond acceptors (Lipinski definition) is 5. The first kappa shape index (κ1) is 14.1. The molecule has 0 spiro atoms. The summed E-state index contributed by atoms with van der Waals surface area (Å²) in [6.45, 7) is 1.25. The first-order valence-corrected chi connectivity index (χ1v) is 7.41. The molecule has 0 saturated heterocycles. The van der Waals surface area contributed by atoms with Gasteiger partial charge in [-0.05, 0) is 40.3 Å². The molecule has 3 rings (SSSR count). The van der Waals surface area contributed by atoms with Crippen molar-refractivity contribution in [1.82, 2.24) is 5.32 Å². The third-order valence-corrected chi connectivity index (χ3v) is 3.81. The molecule has 6 nitrogen and oxygen atoms in total. The van der Waals surface area contributed by atoms with E-state index in [0.717, 1.165) is 5.57 Å². The van der Waals surface area contributed by atoms with Crippen LogP contribution in [0.15, 0.2) is 50.4 Å². The van der Waals surface area contributed by atoms with Gasteiger partial charge in [0.15, 0.2) is 5.84 Å². The van der Waals surface area contributed by atoms with Crippen LogP contribution in [0.3, 0.4) is 0 Å². The fraction of sp³-hybridized carbons (Fsp3) is 0.143. The average molecular weight is 393 g/mol. The number of amidine groups is 1. The number of hydrogen-bond donors (Lipinski definition) is 2. The van der Waals surface area contributed by atoms with Gasteiger partial charge in [-0.3, -0.25) is 4.79 Å². The second-order valence-corrected chi connectivity index (χ2v) is 5.84. The Morgan fingerprint density at radius 1 is 1.14 bits per heavy atom. The minimum absolute atomic E-state index is 0.0380. The topological polar surface area (TPSA) is 92.2 Å². The van der Waals surface area contributed by atoms with Crippen LogP contribution in [0.2, 0.25) is 0 Å². The number of carbonyl (C=O) groups is 1. The van der Waals surface area contributed by atoms with Crippen LogP contribution >= 0.6 is 22.6 Å². The van der Waals surface area contributed by atoms with Crippen molar-refractivity contribution in [2.24, 2.45) is 20.7 Å². The fourth-order valence-electron chi connectivity index (χ4n) is 2.10. The molecule has 21 heavy (non-hydrogen) atoms. The van der Waals surface area contributed by atoms with Crippen LogP contribution in [-0.4, -0.2) is 30.5 Å². The van der Waals surface area contributed by atoms with Gasteiger partial charge in [0.25, 0.3) is 5.91 Å². The summed E-state index contributed by atoms with van der Waals surface area (Å²) in [5.74, 6) is -0.0522. The molecule has 0 aromatic heterocycles. The monoisotopic (exact) mass is 393 g/mol. The maximum atomic E-state index is 11.9. The Morgan fingerprint density at radius 2 is 1.90 bits per heavy atom. The molecule has 0 saturated carbocycles. The summed E-state index contributed by atoms with van der Waals surface area (Å²) in [6, 6.07) is 8.25. The second-order valence-electron chi connectivity index (χ2n) is 4.60. The molecule has 1 aromatic carbocycles. The highest BCUT2D eigenvalue weighted by molar-refractivity contribution is 14.1. The summed E-state index contributed by atoms with van der Waals surface area (Å²) < 4.78 is 1.20. The first-order chi connectivity index (χ1) is 10.1. The normalized spacial score (nSPS) is 16.9. The molecule has 1 aromatic rings. The predicted octanol–water partition coefficient (Wildman–Crippen LogP) is 1.02. The van der Waals surface area contributed by atoms with Crippen molar-refractivity contribution in [3.05, 3.63) is 44.5 Å². The second kappa shape index (κ2) is 5.86. The smallest absolute Gasteiger partial charge is 0.284 e. The van der Waals surface area contributed by atoms with Crippen LogP contribution in [0.25, 0.3) is 0 Å². The number of rotatable bonds is 4. The highest BCUT2D eigenvalue weighted by atomic mass is 127. The number of benzene rings is 1. The van der Waals surface area contributed by atoms with Crippen LogP contribution in [0.1, 0.15) is 5.56 Å². The number of nitrogens with zero attached hydrogens (tertiary/aromatic N) is 3. The summed E-state index contributed by atoms with van der Waals surface area (Å²) in [7, 11) is 0. The van der Waals surface area contributed by atoms with Gasteiger partial charge in [0.2, 0.25) is 5.96 Å². The molecular formula is C14H12IN5O. The number of aliphatic imine (C=N–C) groups is 3. The zero-order chi connectivity index (χ0) is 14.8. The third-order valence-electron chi connectivity index (χ3n) is 3.10. The molecular weight excluding hydrogens is 381 g/mol. The summed E-state index contributed by atoms with van der Waals surface area (Å²) >= 11 is 2.27. The van der Waals surface area contributed by atoms with Gasteiger partial charge >= 0.3 is 0 Å². The van der Waals surface area contributed by atoms with Gasteiger partial charge in [0.1, 0.15) is 0 Å². The summed E-state index contributed by atoms with van der Waals surface area (Å²) in [6.07, 6.45) is 1.64. The Bertz CT molecular complexity index is 715. The molecule has 7 heteroatoms. The molecule has 2 aliphatic rings. The van der Waals surface area contributed by atoms with Crippen LogP contribution in [0.5, 0.6) is 0 Å². The predicted molar refractivity (Wildman–Crippen MR) is 90.4 cm³/mol. The Morgan fingerprint density at radius 3 is 2.67 bits per heavy atom. The number of halogens is 1. The molecule has 0 radical (unpaired) electrons. The average Bonchev–Trinajstić information content (AvgIpc) is 2.84. The van der Waals surface area contributed by atoms with E-state index in [0.29, 0.717) is 24.5 Å². The number of amides is 1. The van der Waals surface area contributed by atoms with E-state index in [9.17, 15) is 4.79 Å². The SMILES string of the molecule is NC1=NC(=O)C2=C(CNCc3ccc(I)cc3)C=NC2=N1. The van der Waals surface area contributed by atoms with E-state index in [1.807, 2.05) is 0 Å². The van der Waals surface area contributed by atoms with Crippen molar-refractivity contribution >= 4 is 46.5 Å². The summed E-state index contributed by atoms with van der Waals surface area (Å²) in [5.41, 5.74) is 7.86. The van der Waals surface area contributed by atoms with Crippen LogP contribution in [0.4, 0.5) is 0 Å². The van der Waals surface area contributed by atoms with Crippen molar-refractivity contribution in [1.29, 1.82) is 0 Å². The Kier molecular flexibility index (Phi) is 3.93. The minimum Gasteiger partial charge on any atom is -0.368 e. The van der Waals surface area contributed by atoms with Gasteiger partial charge in [-0.2, -0.15) is 9.98 Å². The molecule has 3 N–H and O–H groups in total. The lowest BCUT2D eigenvalue weighted by atomic mass is 10.1. The van der Waals surface area contributed by atoms with Gasteiger partial charge in [-0.25, -0.2) is 4.99 Å². The number of carbonyl (C=O) groups excluding carboxylic acids is 1. The number of fused-ring (bicyclic) bond motifs is 1. The van der Waals surface area contributed by atoms with Gasteiger partial charge in [-0.15, -0.1) is 0 Å². The van der Waals surface area contributed by atoms with Crippen molar-refractivity contribution < 1.29 is 4.79 Å². The maximum Gasteiger partial charge on any atom is 0.284 e. The van der Waals surface area contributed by atoms with Crippen LogP contribution in [0, 0.1) is 3.57 Å². The Balaban J connectivity index is 1.66. The molecule has 0 fully saturated rings. The number of nitrogens with two attached hydrogens (primary N) is 1. The van der Waals surface area contributed by atoms with E-state index < -0.39 is 0 Å². The Labute approximate surface area is 135 Å². The molecule has 0 atom stereocenters. The van der Waals surface area contributed by atoms with Gasteiger partial charge in [0, 0.05) is 28.4 Å². The van der Waals surface area contributed by atoms with Crippen molar-refractivity contribution in [2.45, 2.75) is 6.54 Å². The number of guanidine groups is 1. The molecule has 0 unspecified atom stereocenters. The first-order valence-electron chi connectivity index (χ1n) is 6.33. The zero-order valence-electron chi connectivity index (χ0n) is 11.0. The molecule has 106 valence electrons. The summed E-state index contributed by atoms with van der Waals surface area (Å²) in [4.78, 5) is 23.6. The maximum absolute atomic E-state index is 11.9. The van der Waals surface area contributed by atoms with Gasteiger partial charge in [-0.1, -0.05) is 12.1 Å². The highest BCUT2D eigenvalue weighted by Gasteiger charge is 2.27. The molecule has 0 aliphatic carbocycles. The largest absolute Gasteiger partial charge is 0.368 e. The Hall–Kier alpha value is -1.87. The molecule has 2 aliphatic heterocycles. The molecule has 2 heterocycles. The van der Waals surface area contributed by atoms with E-state index in [4.69, 9.17) is 5.73 Å². The van der Waals surface area contributed by atoms with Crippen molar-refractivity contribution in [3.63, 3.8) is 0 Å². The molecule has 1 amide bonds. The van der Waals surface area contributed by atoms with Crippen molar-refractivity contribution in [3.8, 4) is 0 Å². The lowest BCUT2D eigenvalue weighted by Crippen LogP contribution is -2.24.